The Morgan fingerprint density at radius 1 is 1.17 bits per heavy atom. The second kappa shape index (κ2) is 9.13. The number of hydrogen-bond acceptors (Lipinski definition) is 5. The van der Waals surface area contributed by atoms with Gasteiger partial charge >= 0.3 is 5.97 Å². The molecular weight excluding hydrogens is 394 g/mol. The Labute approximate surface area is 176 Å². The van der Waals surface area contributed by atoms with Crippen LogP contribution in [0, 0.1) is 11.8 Å². The Morgan fingerprint density at radius 3 is 2.59 bits per heavy atom. The molecule has 158 valence electrons. The molecule has 2 bridgehead atoms. The monoisotopic (exact) mass is 421 g/mol. The standard InChI is InChI=1S/C21H27N3O4.ClH/c1-28-21(27)14-7-5-13(6-8-14)20(26)23-12-18-16-9-15(10-22-11-16)17-3-2-4-19(25)24(17)18;/h5-8,15-18,22H,2-4,9-12H2,1H3,(H,23,26);1H/t15-,16+,17+,18+;/m1./s1. The lowest BCUT2D eigenvalue weighted by Crippen LogP contribution is -2.66. The van der Waals surface area contributed by atoms with E-state index >= 15 is 0 Å². The smallest absolute Gasteiger partial charge is 0.337 e. The van der Waals surface area contributed by atoms with E-state index in [2.05, 4.69) is 20.3 Å². The molecule has 0 unspecified atom stereocenters. The van der Waals surface area contributed by atoms with Crippen LogP contribution in [0.15, 0.2) is 24.3 Å². The second-order valence-electron chi connectivity index (χ2n) is 8.02. The number of nitrogens with one attached hydrogen (secondary N) is 2. The second-order valence-corrected chi connectivity index (χ2v) is 8.02. The largest absolute Gasteiger partial charge is 0.465 e. The fourth-order valence-electron chi connectivity index (χ4n) is 5.07. The molecule has 3 saturated heterocycles. The Hall–Kier alpha value is -2.12. The molecule has 0 radical (unpaired) electrons. The number of halogens is 1. The van der Waals surface area contributed by atoms with Gasteiger partial charge in [0.25, 0.3) is 5.91 Å². The molecule has 1 aromatic rings. The van der Waals surface area contributed by atoms with Gasteiger partial charge in [0.05, 0.1) is 18.7 Å². The van der Waals surface area contributed by atoms with Gasteiger partial charge in [-0.15, -0.1) is 12.4 Å². The molecule has 3 heterocycles. The summed E-state index contributed by atoms with van der Waals surface area (Å²) in [5.74, 6) is 0.515. The van der Waals surface area contributed by atoms with Gasteiger partial charge in [0.1, 0.15) is 0 Å². The first kappa shape index (κ1) is 21.6. The first-order valence-electron chi connectivity index (χ1n) is 10.1. The Balaban J connectivity index is 0.00000240. The van der Waals surface area contributed by atoms with Gasteiger partial charge in [-0.25, -0.2) is 4.79 Å². The normalized spacial score (nSPS) is 28.0. The maximum absolute atomic E-state index is 12.7. The molecule has 1 aromatic carbocycles. The minimum atomic E-state index is -0.428. The van der Waals surface area contributed by atoms with E-state index in [1.54, 1.807) is 24.3 Å². The van der Waals surface area contributed by atoms with Crippen LogP contribution in [0.5, 0.6) is 0 Å². The number of fused-ring (bicyclic) bond motifs is 4. The van der Waals surface area contributed by atoms with E-state index in [-0.39, 0.29) is 30.3 Å². The zero-order valence-electron chi connectivity index (χ0n) is 16.6. The molecule has 2 amide bonds. The van der Waals surface area contributed by atoms with E-state index < -0.39 is 5.97 Å². The van der Waals surface area contributed by atoms with Crippen LogP contribution in [0.1, 0.15) is 46.4 Å². The van der Waals surface area contributed by atoms with Crippen LogP contribution in [0.2, 0.25) is 0 Å². The van der Waals surface area contributed by atoms with Crippen LogP contribution in [0.3, 0.4) is 0 Å². The number of esters is 1. The molecule has 4 atom stereocenters. The van der Waals surface area contributed by atoms with Crippen molar-refractivity contribution in [2.24, 2.45) is 11.8 Å². The van der Waals surface area contributed by atoms with Crippen LogP contribution >= 0.6 is 12.4 Å². The number of hydrogen-bond donors (Lipinski definition) is 2. The average molecular weight is 422 g/mol. The summed E-state index contributed by atoms with van der Waals surface area (Å²) in [6, 6.07) is 6.75. The molecule has 3 fully saturated rings. The van der Waals surface area contributed by atoms with Crippen molar-refractivity contribution in [3.8, 4) is 0 Å². The number of nitrogens with zero attached hydrogens (tertiary/aromatic N) is 1. The number of carbonyl (C=O) groups is 3. The molecule has 7 nitrogen and oxygen atoms in total. The molecular formula is C21H28ClN3O4. The van der Waals surface area contributed by atoms with Crippen molar-refractivity contribution in [1.29, 1.82) is 0 Å². The zero-order valence-corrected chi connectivity index (χ0v) is 17.4. The highest BCUT2D eigenvalue weighted by molar-refractivity contribution is 5.96. The van der Waals surface area contributed by atoms with Crippen LogP contribution in [0.25, 0.3) is 0 Å². The van der Waals surface area contributed by atoms with Crippen LogP contribution < -0.4 is 10.6 Å². The first-order valence-corrected chi connectivity index (χ1v) is 10.1. The lowest BCUT2D eigenvalue weighted by atomic mass is 9.72. The molecule has 0 saturated carbocycles. The summed E-state index contributed by atoms with van der Waals surface area (Å²) in [6.07, 6.45) is 3.76. The van der Waals surface area contributed by atoms with Gasteiger partial charge in [0, 0.05) is 31.1 Å². The first-order chi connectivity index (χ1) is 13.6. The van der Waals surface area contributed by atoms with Gasteiger partial charge in [-0.1, -0.05) is 0 Å². The van der Waals surface area contributed by atoms with Crippen LogP contribution in [-0.4, -0.2) is 61.5 Å². The summed E-state index contributed by atoms with van der Waals surface area (Å²) in [4.78, 5) is 38.9. The van der Waals surface area contributed by atoms with Crippen LogP contribution in [0.4, 0.5) is 0 Å². The number of amides is 2. The highest BCUT2D eigenvalue weighted by Crippen LogP contribution is 2.39. The molecule has 4 rings (SSSR count). The van der Waals surface area contributed by atoms with E-state index in [0.29, 0.717) is 42.0 Å². The van der Waals surface area contributed by atoms with Crippen molar-refractivity contribution in [1.82, 2.24) is 15.5 Å². The predicted molar refractivity (Wildman–Crippen MR) is 110 cm³/mol. The summed E-state index contributed by atoms with van der Waals surface area (Å²) in [7, 11) is 1.33. The Morgan fingerprint density at radius 2 is 1.86 bits per heavy atom. The number of methoxy groups -OCH3 is 1. The zero-order chi connectivity index (χ0) is 19.7. The molecule has 0 spiro atoms. The quantitative estimate of drug-likeness (QED) is 0.721. The van der Waals surface area contributed by atoms with Gasteiger partial charge in [-0.3, -0.25) is 9.59 Å². The summed E-state index contributed by atoms with van der Waals surface area (Å²) >= 11 is 0. The number of rotatable bonds is 4. The predicted octanol–water partition coefficient (Wildman–Crippen LogP) is 1.61. The van der Waals surface area contributed by atoms with Crippen molar-refractivity contribution in [3.05, 3.63) is 35.4 Å². The van der Waals surface area contributed by atoms with E-state index in [4.69, 9.17) is 0 Å². The lowest BCUT2D eigenvalue weighted by Gasteiger charge is -2.54. The number of carbonyl (C=O) groups excluding carboxylic acids is 3. The maximum atomic E-state index is 12.7. The van der Waals surface area contributed by atoms with Gasteiger partial charge in [0.15, 0.2) is 0 Å². The third-order valence-electron chi connectivity index (χ3n) is 6.44. The average Bonchev–Trinajstić information content (AvgIpc) is 2.73. The molecule has 0 aromatic heterocycles. The minimum Gasteiger partial charge on any atom is -0.465 e. The Bertz CT molecular complexity index is 770. The molecule has 3 aliphatic heterocycles. The molecule has 2 N–H and O–H groups in total. The number of piperidine rings is 3. The topological polar surface area (TPSA) is 87.7 Å². The maximum Gasteiger partial charge on any atom is 0.337 e. The summed E-state index contributed by atoms with van der Waals surface area (Å²) < 4.78 is 4.68. The van der Waals surface area contributed by atoms with Gasteiger partial charge in [-0.2, -0.15) is 0 Å². The lowest BCUT2D eigenvalue weighted by molar-refractivity contribution is -0.148. The minimum absolute atomic E-state index is 0. The van der Waals surface area contributed by atoms with Crippen LogP contribution in [-0.2, 0) is 9.53 Å². The van der Waals surface area contributed by atoms with E-state index in [0.717, 1.165) is 32.4 Å². The highest BCUT2D eigenvalue weighted by Gasteiger charge is 2.47. The van der Waals surface area contributed by atoms with Crippen molar-refractivity contribution < 1.29 is 19.1 Å². The van der Waals surface area contributed by atoms with Crippen molar-refractivity contribution in [2.45, 2.75) is 37.8 Å². The number of ether oxygens (including phenoxy) is 1. The molecule has 8 heteroatoms. The third-order valence-corrected chi connectivity index (χ3v) is 6.44. The molecule has 29 heavy (non-hydrogen) atoms. The van der Waals surface area contributed by atoms with Crippen molar-refractivity contribution >= 4 is 30.2 Å². The van der Waals surface area contributed by atoms with E-state index in [1.807, 2.05) is 0 Å². The van der Waals surface area contributed by atoms with Gasteiger partial charge in [0.2, 0.25) is 5.91 Å². The Kier molecular flexibility index (Phi) is 6.80. The molecule has 3 aliphatic rings. The SMILES string of the molecule is COC(=O)c1ccc(C(=O)NC[C@H]2[C@@H]3CNC[C@@H](C3)[C@@H]3CCCC(=O)N32)cc1.Cl. The highest BCUT2D eigenvalue weighted by atomic mass is 35.5. The number of benzene rings is 1. The fourth-order valence-corrected chi connectivity index (χ4v) is 5.07. The van der Waals surface area contributed by atoms with E-state index in [9.17, 15) is 14.4 Å². The van der Waals surface area contributed by atoms with E-state index in [1.165, 1.54) is 7.11 Å². The van der Waals surface area contributed by atoms with Gasteiger partial charge in [-0.05, 0) is 61.9 Å². The third kappa shape index (κ3) is 4.26. The fraction of sp³-hybridized carbons (Fsp3) is 0.571. The summed E-state index contributed by atoms with van der Waals surface area (Å²) in [5, 5.41) is 6.52. The van der Waals surface area contributed by atoms with Gasteiger partial charge < -0.3 is 20.3 Å². The summed E-state index contributed by atoms with van der Waals surface area (Å²) in [6.45, 7) is 2.33. The van der Waals surface area contributed by atoms with Crippen molar-refractivity contribution in [3.63, 3.8) is 0 Å². The molecule has 0 aliphatic carbocycles. The summed E-state index contributed by atoms with van der Waals surface area (Å²) in [5.41, 5.74) is 0.900. The van der Waals surface area contributed by atoms with Crippen molar-refractivity contribution in [2.75, 3.05) is 26.7 Å².